The summed E-state index contributed by atoms with van der Waals surface area (Å²) in [6, 6.07) is 6.58. The highest BCUT2D eigenvalue weighted by atomic mass is 19.1. The normalized spacial score (nSPS) is 16.5. The maximum atomic E-state index is 13.6. The van der Waals surface area contributed by atoms with E-state index in [1.54, 1.807) is 35.0 Å². The molecule has 1 aromatic carbocycles. The predicted molar refractivity (Wildman–Crippen MR) is 111 cm³/mol. The molecule has 1 aliphatic rings. The average molecular weight is 401 g/mol. The first-order valence-electron chi connectivity index (χ1n) is 9.55. The van der Waals surface area contributed by atoms with Gasteiger partial charge in [0.05, 0.1) is 17.9 Å². The van der Waals surface area contributed by atoms with Gasteiger partial charge >= 0.3 is 0 Å². The van der Waals surface area contributed by atoms with Gasteiger partial charge in [-0.3, -0.25) is 14.5 Å². The number of aryl methyl sites for hydroxylation is 1. The number of halogens is 1. The quantitative estimate of drug-likeness (QED) is 0.600. The Hall–Kier alpha value is -2.94. The van der Waals surface area contributed by atoms with E-state index in [-0.39, 0.29) is 24.3 Å². The van der Waals surface area contributed by atoms with Crippen LogP contribution in [0.3, 0.4) is 0 Å². The molecule has 2 heterocycles. The van der Waals surface area contributed by atoms with Gasteiger partial charge in [0.25, 0.3) is 0 Å². The second kappa shape index (κ2) is 9.04. The predicted octanol–water partition coefficient (Wildman–Crippen LogP) is 1.09. The van der Waals surface area contributed by atoms with E-state index in [4.69, 9.17) is 0 Å². The van der Waals surface area contributed by atoms with Crippen LogP contribution in [0.15, 0.2) is 41.7 Å². The number of carbonyl (C=O) groups is 1. The summed E-state index contributed by atoms with van der Waals surface area (Å²) in [4.78, 5) is 22.7. The molecule has 8 nitrogen and oxygen atoms in total. The molecule has 0 radical (unpaired) electrons. The van der Waals surface area contributed by atoms with Crippen LogP contribution in [-0.4, -0.2) is 78.8 Å². The number of carbonyl (C=O) groups excluding carboxylic acids is 1. The molecule has 156 valence electrons. The van der Waals surface area contributed by atoms with Crippen LogP contribution in [0.4, 0.5) is 10.1 Å². The van der Waals surface area contributed by atoms with Crippen LogP contribution in [0.5, 0.6) is 0 Å². The first kappa shape index (κ1) is 20.8. The molecule has 0 saturated carbocycles. The third-order valence-corrected chi connectivity index (χ3v) is 5.05. The lowest BCUT2D eigenvalue weighted by molar-refractivity contribution is -0.120. The maximum Gasteiger partial charge on any atom is 0.246 e. The van der Waals surface area contributed by atoms with E-state index >= 15 is 0 Å². The van der Waals surface area contributed by atoms with Crippen LogP contribution in [0.1, 0.15) is 11.6 Å². The van der Waals surface area contributed by atoms with Crippen LogP contribution in [0, 0.1) is 5.82 Å². The third-order valence-electron chi connectivity index (χ3n) is 5.05. The fourth-order valence-electron chi connectivity index (χ4n) is 3.51. The molecule has 0 spiro atoms. The van der Waals surface area contributed by atoms with Crippen molar-refractivity contribution in [3.63, 3.8) is 0 Å². The van der Waals surface area contributed by atoms with Crippen molar-refractivity contribution < 1.29 is 9.18 Å². The minimum atomic E-state index is -0.254. The Morgan fingerprint density at radius 1 is 1.38 bits per heavy atom. The molecule has 1 fully saturated rings. The number of aliphatic imine (C=N–C) groups is 1. The number of amides is 1. The van der Waals surface area contributed by atoms with E-state index in [2.05, 4.69) is 15.4 Å². The zero-order valence-electron chi connectivity index (χ0n) is 17.3. The number of anilines is 1. The Morgan fingerprint density at radius 3 is 2.76 bits per heavy atom. The highest BCUT2D eigenvalue weighted by molar-refractivity contribution is 5.98. The fourth-order valence-corrected chi connectivity index (χ4v) is 3.51. The van der Waals surface area contributed by atoms with Crippen molar-refractivity contribution in [2.75, 3.05) is 52.2 Å². The van der Waals surface area contributed by atoms with Gasteiger partial charge in [-0.25, -0.2) is 4.39 Å². The number of hydrogen-bond acceptors (Lipinski definition) is 4. The van der Waals surface area contributed by atoms with Gasteiger partial charge in [0, 0.05) is 39.9 Å². The standard InChI is InChI=1S/C20H28FN7O/c1-22-20(23-12-18(25(2)3)15-6-5-7-16(21)10-15)27-8-9-28(19(29)14-27)17-11-24-26(4)13-17/h5-7,10-11,13,18H,8-9,12,14H2,1-4H3,(H,22,23). The second-order valence-electron chi connectivity index (χ2n) is 7.30. The molecular formula is C20H28FN7O. The lowest BCUT2D eigenvalue weighted by atomic mass is 10.1. The molecule has 1 aromatic heterocycles. The average Bonchev–Trinajstić information content (AvgIpc) is 3.11. The SMILES string of the molecule is CN=C(NCC(c1cccc(F)c1)N(C)C)N1CCN(c2cnn(C)c2)C(=O)C1. The van der Waals surface area contributed by atoms with Gasteiger partial charge in [0.1, 0.15) is 12.4 Å². The Labute approximate surface area is 170 Å². The van der Waals surface area contributed by atoms with E-state index in [9.17, 15) is 9.18 Å². The smallest absolute Gasteiger partial charge is 0.246 e. The Kier molecular flexibility index (Phi) is 6.48. The van der Waals surface area contributed by atoms with Crippen molar-refractivity contribution in [1.82, 2.24) is 24.9 Å². The van der Waals surface area contributed by atoms with Gasteiger partial charge in [-0.15, -0.1) is 0 Å². The van der Waals surface area contributed by atoms with E-state index in [0.717, 1.165) is 11.3 Å². The molecule has 0 aliphatic carbocycles. The number of aromatic nitrogens is 2. The van der Waals surface area contributed by atoms with Gasteiger partial charge in [-0.05, 0) is 31.8 Å². The number of benzene rings is 1. The molecule has 1 saturated heterocycles. The van der Waals surface area contributed by atoms with Gasteiger partial charge < -0.3 is 20.0 Å². The number of piperazine rings is 1. The Balaban J connectivity index is 1.63. The molecule has 1 unspecified atom stereocenters. The van der Waals surface area contributed by atoms with Crippen molar-refractivity contribution >= 4 is 17.6 Å². The molecule has 0 bridgehead atoms. The summed E-state index contributed by atoms with van der Waals surface area (Å²) in [5, 5.41) is 7.48. The molecule has 2 aromatic rings. The number of nitrogens with zero attached hydrogens (tertiary/aromatic N) is 6. The molecule has 9 heteroatoms. The van der Waals surface area contributed by atoms with E-state index in [1.807, 2.05) is 43.2 Å². The zero-order valence-corrected chi connectivity index (χ0v) is 17.3. The molecular weight excluding hydrogens is 373 g/mol. The lowest BCUT2D eigenvalue weighted by Gasteiger charge is -2.36. The van der Waals surface area contributed by atoms with Gasteiger partial charge in [-0.2, -0.15) is 5.10 Å². The summed E-state index contributed by atoms with van der Waals surface area (Å²) in [6.45, 7) is 2.00. The van der Waals surface area contributed by atoms with Crippen molar-refractivity contribution in [1.29, 1.82) is 0 Å². The number of rotatable bonds is 5. The minimum Gasteiger partial charge on any atom is -0.354 e. The summed E-state index contributed by atoms with van der Waals surface area (Å²) in [5.74, 6) is 0.407. The Bertz CT molecular complexity index is 879. The third kappa shape index (κ3) is 4.92. The van der Waals surface area contributed by atoms with Gasteiger partial charge in [0.2, 0.25) is 5.91 Å². The topological polar surface area (TPSA) is 69.0 Å². The fraction of sp³-hybridized carbons (Fsp3) is 0.450. The Morgan fingerprint density at radius 2 is 2.17 bits per heavy atom. The van der Waals surface area contributed by atoms with Crippen LogP contribution in [0.2, 0.25) is 0 Å². The summed E-state index contributed by atoms with van der Waals surface area (Å²) in [7, 11) is 7.44. The number of guanidine groups is 1. The molecule has 1 atom stereocenters. The van der Waals surface area contributed by atoms with Crippen LogP contribution in [-0.2, 0) is 11.8 Å². The summed E-state index contributed by atoms with van der Waals surface area (Å²) >= 11 is 0. The van der Waals surface area contributed by atoms with Crippen molar-refractivity contribution in [3.8, 4) is 0 Å². The van der Waals surface area contributed by atoms with Crippen molar-refractivity contribution in [2.24, 2.45) is 12.0 Å². The van der Waals surface area contributed by atoms with Crippen molar-refractivity contribution in [2.45, 2.75) is 6.04 Å². The number of likely N-dealkylation sites (N-methyl/N-ethyl adjacent to an activating group) is 1. The lowest BCUT2D eigenvalue weighted by Crippen LogP contribution is -2.56. The van der Waals surface area contributed by atoms with Crippen LogP contribution in [0.25, 0.3) is 0 Å². The molecule has 1 N–H and O–H groups in total. The van der Waals surface area contributed by atoms with E-state index in [1.165, 1.54) is 6.07 Å². The zero-order chi connectivity index (χ0) is 21.0. The van der Waals surface area contributed by atoms with E-state index in [0.29, 0.717) is 25.6 Å². The van der Waals surface area contributed by atoms with Crippen LogP contribution >= 0.6 is 0 Å². The monoisotopic (exact) mass is 401 g/mol. The highest BCUT2D eigenvalue weighted by Crippen LogP contribution is 2.19. The molecule has 29 heavy (non-hydrogen) atoms. The first-order valence-corrected chi connectivity index (χ1v) is 9.55. The number of hydrogen-bond donors (Lipinski definition) is 1. The summed E-state index contributed by atoms with van der Waals surface area (Å²) in [5.41, 5.74) is 1.69. The van der Waals surface area contributed by atoms with Gasteiger partial charge in [-0.1, -0.05) is 12.1 Å². The maximum absolute atomic E-state index is 13.6. The first-order chi connectivity index (χ1) is 13.9. The summed E-state index contributed by atoms with van der Waals surface area (Å²) in [6.07, 6.45) is 3.53. The second-order valence-corrected chi connectivity index (χ2v) is 7.30. The molecule has 1 aliphatic heterocycles. The van der Waals surface area contributed by atoms with E-state index < -0.39 is 0 Å². The minimum absolute atomic E-state index is 0.00138. The largest absolute Gasteiger partial charge is 0.354 e. The molecule has 1 amide bonds. The van der Waals surface area contributed by atoms with Gasteiger partial charge in [0.15, 0.2) is 5.96 Å². The summed E-state index contributed by atoms with van der Waals surface area (Å²) < 4.78 is 15.3. The van der Waals surface area contributed by atoms with Crippen LogP contribution < -0.4 is 10.2 Å². The molecule has 3 rings (SSSR count). The number of nitrogens with one attached hydrogen (secondary N) is 1. The van der Waals surface area contributed by atoms with Crippen molar-refractivity contribution in [3.05, 3.63) is 48.0 Å². The highest BCUT2D eigenvalue weighted by Gasteiger charge is 2.28.